The predicted octanol–water partition coefficient (Wildman–Crippen LogP) is 2.35. The van der Waals surface area contributed by atoms with Crippen LogP contribution in [0, 0.1) is 0 Å². The number of benzene rings is 1. The first-order chi connectivity index (χ1) is 12.7. The molecule has 1 aromatic carbocycles. The van der Waals surface area contributed by atoms with Crippen LogP contribution in [0.25, 0.3) is 11.4 Å². The van der Waals surface area contributed by atoms with E-state index in [0.717, 1.165) is 12.1 Å². The van der Waals surface area contributed by atoms with Crippen molar-refractivity contribution in [3.8, 4) is 11.4 Å². The van der Waals surface area contributed by atoms with Crippen LogP contribution in [0.2, 0.25) is 0 Å². The first-order valence-electron chi connectivity index (χ1n) is 8.43. The van der Waals surface area contributed by atoms with Crippen LogP contribution in [0.4, 0.5) is 13.2 Å². The molecule has 7 nitrogen and oxygen atoms in total. The highest BCUT2D eigenvalue weighted by molar-refractivity contribution is 5.72. The lowest BCUT2D eigenvalue weighted by Gasteiger charge is -2.35. The molecule has 0 amide bonds. The van der Waals surface area contributed by atoms with E-state index in [1.54, 1.807) is 6.92 Å². The maximum absolute atomic E-state index is 12.8. The minimum Gasteiger partial charge on any atom is -0.480 e. The van der Waals surface area contributed by atoms with Crippen molar-refractivity contribution in [1.82, 2.24) is 19.9 Å². The topological polar surface area (TPSA) is 82.7 Å². The number of carbonyl (C=O) groups is 1. The summed E-state index contributed by atoms with van der Waals surface area (Å²) in [5.74, 6) is -0.442. The first kappa shape index (κ1) is 19.3. The number of rotatable bonds is 5. The van der Waals surface area contributed by atoms with E-state index >= 15 is 0 Å². The van der Waals surface area contributed by atoms with E-state index in [9.17, 15) is 18.0 Å². The Kier molecular flexibility index (Phi) is 5.47. The largest absolute Gasteiger partial charge is 0.480 e. The summed E-state index contributed by atoms with van der Waals surface area (Å²) in [6.45, 7) is 4.49. The maximum atomic E-state index is 12.8. The van der Waals surface area contributed by atoms with E-state index in [4.69, 9.17) is 9.63 Å². The zero-order valence-electron chi connectivity index (χ0n) is 14.6. The lowest BCUT2D eigenvalue weighted by atomic mass is 10.1. The summed E-state index contributed by atoms with van der Waals surface area (Å²) in [7, 11) is 0. The second-order valence-corrected chi connectivity index (χ2v) is 6.42. The Morgan fingerprint density at radius 2 is 2.00 bits per heavy atom. The zero-order chi connectivity index (χ0) is 19.6. The summed E-state index contributed by atoms with van der Waals surface area (Å²) in [6.07, 6.45) is -4.44. The molecule has 1 fully saturated rings. The molecule has 1 aromatic heterocycles. The van der Waals surface area contributed by atoms with Crippen LogP contribution in [0.3, 0.4) is 0 Å². The number of aliphatic carboxylic acids is 1. The monoisotopic (exact) mass is 384 g/mol. The Balaban J connectivity index is 1.62. The Morgan fingerprint density at radius 3 is 2.63 bits per heavy atom. The number of halogens is 3. The van der Waals surface area contributed by atoms with Gasteiger partial charge in [0.2, 0.25) is 11.7 Å². The predicted molar refractivity (Wildman–Crippen MR) is 88.7 cm³/mol. The molecule has 1 unspecified atom stereocenters. The Labute approximate surface area is 153 Å². The second-order valence-electron chi connectivity index (χ2n) is 6.42. The quantitative estimate of drug-likeness (QED) is 0.847. The Hall–Kier alpha value is -2.46. The second kappa shape index (κ2) is 7.65. The number of carboxylic acids is 1. The van der Waals surface area contributed by atoms with Gasteiger partial charge < -0.3 is 9.63 Å². The van der Waals surface area contributed by atoms with Crippen molar-refractivity contribution in [3.05, 3.63) is 35.7 Å². The summed E-state index contributed by atoms with van der Waals surface area (Å²) >= 11 is 0. The molecule has 0 aliphatic carbocycles. The molecule has 2 heterocycles. The number of hydrogen-bond acceptors (Lipinski definition) is 6. The summed E-state index contributed by atoms with van der Waals surface area (Å²) < 4.78 is 43.6. The van der Waals surface area contributed by atoms with E-state index in [2.05, 4.69) is 10.1 Å². The molecule has 0 bridgehead atoms. The highest BCUT2D eigenvalue weighted by Crippen LogP contribution is 2.31. The third-order valence-corrected chi connectivity index (χ3v) is 4.59. The van der Waals surface area contributed by atoms with Gasteiger partial charge in [0.1, 0.15) is 6.04 Å². The highest BCUT2D eigenvalue weighted by Gasteiger charge is 2.31. The fraction of sp³-hybridized carbons (Fsp3) is 0.471. The van der Waals surface area contributed by atoms with Gasteiger partial charge in [0.25, 0.3) is 0 Å². The fourth-order valence-corrected chi connectivity index (χ4v) is 2.93. The van der Waals surface area contributed by atoms with E-state index in [0.29, 0.717) is 38.6 Å². The molecule has 1 aliphatic heterocycles. The highest BCUT2D eigenvalue weighted by atomic mass is 19.4. The molecule has 10 heteroatoms. The van der Waals surface area contributed by atoms with Gasteiger partial charge in [-0.05, 0) is 19.1 Å². The zero-order valence-corrected chi connectivity index (χ0v) is 14.6. The SMILES string of the molecule is CC(C(=O)O)N1CCN(Cc2nc(-c3cccc(C(F)(F)F)c3)no2)CC1. The van der Waals surface area contributed by atoms with Gasteiger partial charge >= 0.3 is 12.1 Å². The van der Waals surface area contributed by atoms with Gasteiger partial charge in [0, 0.05) is 31.7 Å². The van der Waals surface area contributed by atoms with Crippen LogP contribution in [0.5, 0.6) is 0 Å². The molecule has 1 N–H and O–H groups in total. The molecule has 0 spiro atoms. The van der Waals surface area contributed by atoms with Gasteiger partial charge in [0.05, 0.1) is 12.1 Å². The van der Waals surface area contributed by atoms with Gasteiger partial charge in [-0.25, -0.2) is 0 Å². The van der Waals surface area contributed by atoms with E-state index in [-0.39, 0.29) is 11.4 Å². The fourth-order valence-electron chi connectivity index (χ4n) is 2.93. The molecule has 2 aromatic rings. The number of alkyl halides is 3. The van der Waals surface area contributed by atoms with Crippen molar-refractivity contribution in [1.29, 1.82) is 0 Å². The molecular weight excluding hydrogens is 365 g/mol. The average molecular weight is 384 g/mol. The van der Waals surface area contributed by atoms with Gasteiger partial charge in [-0.3, -0.25) is 14.6 Å². The number of carboxylic acid groups (broad SMARTS) is 1. The van der Waals surface area contributed by atoms with Crippen LogP contribution in [0.1, 0.15) is 18.4 Å². The molecule has 1 saturated heterocycles. The third kappa shape index (κ3) is 4.64. The molecule has 3 rings (SSSR count). The molecule has 146 valence electrons. The lowest BCUT2D eigenvalue weighted by molar-refractivity contribution is -0.143. The van der Waals surface area contributed by atoms with Gasteiger partial charge in [-0.15, -0.1) is 0 Å². The van der Waals surface area contributed by atoms with Crippen LogP contribution in [-0.2, 0) is 17.5 Å². The van der Waals surface area contributed by atoms with Crippen molar-refractivity contribution in [2.75, 3.05) is 26.2 Å². The normalized spacial score (nSPS) is 17.8. The van der Waals surface area contributed by atoms with Gasteiger partial charge in [-0.1, -0.05) is 17.3 Å². The van der Waals surface area contributed by atoms with Gasteiger partial charge in [0.15, 0.2) is 0 Å². The summed E-state index contributed by atoms with van der Waals surface area (Å²) in [4.78, 5) is 19.1. The van der Waals surface area contributed by atoms with Crippen LogP contribution < -0.4 is 0 Å². The Morgan fingerprint density at radius 1 is 1.30 bits per heavy atom. The molecule has 1 aliphatic rings. The molecule has 1 atom stereocenters. The van der Waals surface area contributed by atoms with Crippen molar-refractivity contribution < 1.29 is 27.6 Å². The van der Waals surface area contributed by atoms with Crippen molar-refractivity contribution in [2.45, 2.75) is 25.7 Å². The lowest BCUT2D eigenvalue weighted by Crippen LogP contribution is -2.51. The summed E-state index contributed by atoms with van der Waals surface area (Å²) in [5.41, 5.74) is -0.532. The van der Waals surface area contributed by atoms with Crippen LogP contribution in [-0.4, -0.2) is 63.2 Å². The van der Waals surface area contributed by atoms with Crippen LogP contribution >= 0.6 is 0 Å². The van der Waals surface area contributed by atoms with Crippen molar-refractivity contribution in [2.24, 2.45) is 0 Å². The van der Waals surface area contributed by atoms with Gasteiger partial charge in [-0.2, -0.15) is 18.2 Å². The number of nitrogens with zero attached hydrogens (tertiary/aromatic N) is 4. The minimum atomic E-state index is -4.44. The maximum Gasteiger partial charge on any atom is 0.416 e. The molecule has 27 heavy (non-hydrogen) atoms. The number of aromatic nitrogens is 2. The third-order valence-electron chi connectivity index (χ3n) is 4.59. The smallest absolute Gasteiger partial charge is 0.416 e. The summed E-state index contributed by atoms with van der Waals surface area (Å²) in [5, 5.41) is 12.8. The van der Waals surface area contributed by atoms with E-state index < -0.39 is 23.8 Å². The van der Waals surface area contributed by atoms with E-state index in [1.807, 2.05) is 9.80 Å². The number of piperazine rings is 1. The standard InChI is InChI=1S/C17H19F3N4O3/c1-11(16(25)26)24-7-5-23(6-8-24)10-14-21-15(22-27-14)12-3-2-4-13(9-12)17(18,19)20/h2-4,9,11H,5-8,10H2,1H3,(H,25,26). The average Bonchev–Trinajstić information content (AvgIpc) is 3.09. The minimum absolute atomic E-state index is 0.106. The van der Waals surface area contributed by atoms with Crippen molar-refractivity contribution >= 4 is 5.97 Å². The van der Waals surface area contributed by atoms with E-state index in [1.165, 1.54) is 12.1 Å². The molecular formula is C17H19F3N4O3. The molecule has 0 saturated carbocycles. The van der Waals surface area contributed by atoms with Crippen molar-refractivity contribution in [3.63, 3.8) is 0 Å². The first-order valence-corrected chi connectivity index (χ1v) is 8.43. The molecule has 0 radical (unpaired) electrons. The van der Waals surface area contributed by atoms with Crippen LogP contribution in [0.15, 0.2) is 28.8 Å². The number of hydrogen-bond donors (Lipinski definition) is 1. The Bertz CT molecular complexity index is 801. The summed E-state index contributed by atoms with van der Waals surface area (Å²) in [6, 6.07) is 4.23.